The summed E-state index contributed by atoms with van der Waals surface area (Å²) in [4.78, 5) is 16.9. The van der Waals surface area contributed by atoms with Crippen molar-refractivity contribution in [3.63, 3.8) is 0 Å². The van der Waals surface area contributed by atoms with Crippen molar-refractivity contribution in [2.45, 2.75) is 31.8 Å². The molecule has 1 N–H and O–H groups in total. The first-order valence-corrected chi connectivity index (χ1v) is 8.18. The second kappa shape index (κ2) is 7.11. The summed E-state index contributed by atoms with van der Waals surface area (Å²) in [7, 11) is 0. The SMILES string of the molecule is C[C@H]1CN(C2CCOCC2)CCN1C(=O)Nc1ccccc1. The van der Waals surface area contributed by atoms with Crippen LogP contribution < -0.4 is 5.32 Å². The topological polar surface area (TPSA) is 44.8 Å². The summed E-state index contributed by atoms with van der Waals surface area (Å²) in [6, 6.07) is 10.5. The minimum absolute atomic E-state index is 0.00493. The molecule has 0 saturated carbocycles. The van der Waals surface area contributed by atoms with Crippen LogP contribution in [0.4, 0.5) is 10.5 Å². The number of amides is 2. The quantitative estimate of drug-likeness (QED) is 0.912. The molecule has 0 unspecified atom stereocenters. The maximum atomic E-state index is 12.4. The number of hydrogen-bond acceptors (Lipinski definition) is 3. The summed E-state index contributed by atoms with van der Waals surface area (Å²) in [6.07, 6.45) is 2.23. The van der Waals surface area contributed by atoms with Crippen LogP contribution in [-0.2, 0) is 4.74 Å². The van der Waals surface area contributed by atoms with Gasteiger partial charge in [-0.25, -0.2) is 4.79 Å². The number of nitrogens with one attached hydrogen (secondary N) is 1. The fourth-order valence-corrected chi connectivity index (χ4v) is 3.39. The third kappa shape index (κ3) is 3.59. The van der Waals surface area contributed by atoms with E-state index in [9.17, 15) is 4.79 Å². The third-order valence-electron chi connectivity index (χ3n) is 4.65. The van der Waals surface area contributed by atoms with Gasteiger partial charge < -0.3 is 15.0 Å². The van der Waals surface area contributed by atoms with E-state index in [2.05, 4.69) is 17.1 Å². The number of carbonyl (C=O) groups is 1. The summed E-state index contributed by atoms with van der Waals surface area (Å²) >= 11 is 0. The average molecular weight is 303 g/mol. The van der Waals surface area contributed by atoms with Gasteiger partial charge in [0.15, 0.2) is 0 Å². The largest absolute Gasteiger partial charge is 0.381 e. The minimum Gasteiger partial charge on any atom is -0.381 e. The Balaban J connectivity index is 1.54. The standard InChI is InChI=1S/C17H25N3O2/c1-14-13-19(16-7-11-22-12-8-16)9-10-20(14)17(21)18-15-5-3-2-4-6-15/h2-6,14,16H,7-13H2,1H3,(H,18,21)/t14-/m0/s1. The maximum absolute atomic E-state index is 12.4. The van der Waals surface area contributed by atoms with Gasteiger partial charge in [-0.2, -0.15) is 0 Å². The molecule has 3 rings (SSSR count). The lowest BCUT2D eigenvalue weighted by Crippen LogP contribution is -2.58. The van der Waals surface area contributed by atoms with Crippen molar-refractivity contribution in [1.29, 1.82) is 0 Å². The molecule has 120 valence electrons. The van der Waals surface area contributed by atoms with Gasteiger partial charge >= 0.3 is 6.03 Å². The smallest absolute Gasteiger partial charge is 0.322 e. The summed E-state index contributed by atoms with van der Waals surface area (Å²) in [5.41, 5.74) is 0.853. The maximum Gasteiger partial charge on any atom is 0.322 e. The Labute approximate surface area is 132 Å². The molecule has 2 aliphatic rings. The number of para-hydroxylation sites is 1. The highest BCUT2D eigenvalue weighted by Gasteiger charge is 2.31. The van der Waals surface area contributed by atoms with E-state index in [1.54, 1.807) is 0 Å². The van der Waals surface area contributed by atoms with Crippen LogP contribution in [0, 0.1) is 0 Å². The van der Waals surface area contributed by atoms with Crippen molar-refractivity contribution in [2.24, 2.45) is 0 Å². The van der Waals surface area contributed by atoms with Crippen LogP contribution in [-0.4, -0.2) is 60.8 Å². The summed E-state index contributed by atoms with van der Waals surface area (Å²) in [5, 5.41) is 2.98. The van der Waals surface area contributed by atoms with Crippen molar-refractivity contribution in [2.75, 3.05) is 38.2 Å². The van der Waals surface area contributed by atoms with Gasteiger partial charge in [0.25, 0.3) is 0 Å². The Morgan fingerprint density at radius 1 is 1.18 bits per heavy atom. The van der Waals surface area contributed by atoms with Crippen molar-refractivity contribution in [3.8, 4) is 0 Å². The van der Waals surface area contributed by atoms with E-state index in [1.165, 1.54) is 0 Å². The second-order valence-corrected chi connectivity index (χ2v) is 6.18. The third-order valence-corrected chi connectivity index (χ3v) is 4.65. The predicted octanol–water partition coefficient (Wildman–Crippen LogP) is 2.40. The molecule has 0 aromatic heterocycles. The minimum atomic E-state index is 0.00493. The molecule has 22 heavy (non-hydrogen) atoms. The van der Waals surface area contributed by atoms with Gasteiger partial charge in [0.1, 0.15) is 0 Å². The van der Waals surface area contributed by atoms with Crippen molar-refractivity contribution in [3.05, 3.63) is 30.3 Å². The van der Waals surface area contributed by atoms with Crippen molar-refractivity contribution in [1.82, 2.24) is 9.80 Å². The number of rotatable bonds is 2. The molecule has 5 heteroatoms. The molecule has 1 aromatic rings. The molecular formula is C17H25N3O2. The summed E-state index contributed by atoms with van der Waals surface area (Å²) in [6.45, 7) is 6.57. The molecule has 5 nitrogen and oxygen atoms in total. The summed E-state index contributed by atoms with van der Waals surface area (Å²) < 4.78 is 5.44. The molecule has 2 amide bonds. The molecule has 2 aliphatic heterocycles. The van der Waals surface area contributed by atoms with Crippen molar-refractivity contribution < 1.29 is 9.53 Å². The van der Waals surface area contributed by atoms with E-state index in [0.717, 1.165) is 51.4 Å². The molecule has 1 atom stereocenters. The highest BCUT2D eigenvalue weighted by molar-refractivity contribution is 5.89. The molecule has 0 radical (unpaired) electrons. The number of ether oxygens (including phenoxy) is 1. The van der Waals surface area contributed by atoms with E-state index >= 15 is 0 Å². The number of nitrogens with zero attached hydrogens (tertiary/aromatic N) is 2. The monoisotopic (exact) mass is 303 g/mol. The van der Waals surface area contributed by atoms with Crippen LogP contribution >= 0.6 is 0 Å². The lowest BCUT2D eigenvalue weighted by atomic mass is 10.0. The lowest BCUT2D eigenvalue weighted by Gasteiger charge is -2.44. The zero-order chi connectivity index (χ0) is 15.4. The molecular weight excluding hydrogens is 278 g/mol. The van der Waals surface area contributed by atoms with Crippen LogP contribution in [0.5, 0.6) is 0 Å². The number of anilines is 1. The molecule has 1 aromatic carbocycles. The van der Waals surface area contributed by atoms with Gasteiger partial charge in [-0.15, -0.1) is 0 Å². The first kappa shape index (κ1) is 15.3. The lowest BCUT2D eigenvalue weighted by molar-refractivity contribution is 0.00816. The van der Waals surface area contributed by atoms with Gasteiger partial charge in [0, 0.05) is 50.6 Å². The number of urea groups is 1. The Morgan fingerprint density at radius 2 is 1.91 bits per heavy atom. The average Bonchev–Trinajstić information content (AvgIpc) is 2.56. The van der Waals surface area contributed by atoms with Crippen LogP contribution in [0.3, 0.4) is 0 Å². The fourth-order valence-electron chi connectivity index (χ4n) is 3.39. The predicted molar refractivity (Wildman–Crippen MR) is 87.0 cm³/mol. The van der Waals surface area contributed by atoms with E-state index in [0.29, 0.717) is 6.04 Å². The van der Waals surface area contributed by atoms with E-state index in [-0.39, 0.29) is 12.1 Å². The molecule has 0 bridgehead atoms. The van der Waals surface area contributed by atoms with Crippen LogP contribution in [0.1, 0.15) is 19.8 Å². The molecule has 2 fully saturated rings. The van der Waals surface area contributed by atoms with Gasteiger partial charge in [-0.3, -0.25) is 4.90 Å². The van der Waals surface area contributed by atoms with Crippen LogP contribution in [0.2, 0.25) is 0 Å². The molecule has 2 heterocycles. The first-order chi connectivity index (χ1) is 10.7. The van der Waals surface area contributed by atoms with Gasteiger partial charge in [0.2, 0.25) is 0 Å². The normalized spacial score (nSPS) is 24.2. The van der Waals surface area contributed by atoms with E-state index in [1.807, 2.05) is 35.2 Å². The van der Waals surface area contributed by atoms with Crippen LogP contribution in [0.25, 0.3) is 0 Å². The Bertz CT molecular complexity index is 488. The number of benzene rings is 1. The molecule has 0 aliphatic carbocycles. The first-order valence-electron chi connectivity index (χ1n) is 8.18. The number of hydrogen-bond donors (Lipinski definition) is 1. The summed E-state index contributed by atoms with van der Waals surface area (Å²) in [5.74, 6) is 0. The molecule has 2 saturated heterocycles. The van der Waals surface area contributed by atoms with Gasteiger partial charge in [-0.05, 0) is 31.9 Å². The fraction of sp³-hybridized carbons (Fsp3) is 0.588. The number of piperazine rings is 1. The van der Waals surface area contributed by atoms with E-state index in [4.69, 9.17) is 4.74 Å². The zero-order valence-corrected chi connectivity index (χ0v) is 13.2. The van der Waals surface area contributed by atoms with E-state index < -0.39 is 0 Å². The zero-order valence-electron chi connectivity index (χ0n) is 13.2. The highest BCUT2D eigenvalue weighted by atomic mass is 16.5. The molecule has 0 spiro atoms. The Morgan fingerprint density at radius 3 is 2.59 bits per heavy atom. The Hall–Kier alpha value is -1.59. The second-order valence-electron chi connectivity index (χ2n) is 6.18. The Kier molecular flexibility index (Phi) is 4.95. The van der Waals surface area contributed by atoms with Gasteiger partial charge in [0.05, 0.1) is 0 Å². The van der Waals surface area contributed by atoms with Crippen LogP contribution in [0.15, 0.2) is 30.3 Å². The van der Waals surface area contributed by atoms with Crippen molar-refractivity contribution >= 4 is 11.7 Å². The number of carbonyl (C=O) groups excluding carboxylic acids is 1. The highest BCUT2D eigenvalue weighted by Crippen LogP contribution is 2.20. The van der Waals surface area contributed by atoms with Gasteiger partial charge in [-0.1, -0.05) is 18.2 Å².